The minimum Gasteiger partial charge on any atom is -0.455 e. The maximum atomic E-state index is 12.2. The maximum absolute atomic E-state index is 12.2. The second-order valence-electron chi connectivity index (χ2n) is 7.00. The highest BCUT2D eigenvalue weighted by atomic mass is 16.5. The fourth-order valence-corrected chi connectivity index (χ4v) is 2.60. The van der Waals surface area contributed by atoms with Gasteiger partial charge >= 0.3 is 12.0 Å². The van der Waals surface area contributed by atoms with Crippen LogP contribution in [-0.4, -0.2) is 43.5 Å². The lowest BCUT2D eigenvalue weighted by molar-refractivity contribution is -0.152. The molecular formula is C19H25N3O5. The highest BCUT2D eigenvalue weighted by Gasteiger charge is 2.36. The van der Waals surface area contributed by atoms with Gasteiger partial charge in [-0.1, -0.05) is 31.5 Å². The van der Waals surface area contributed by atoms with E-state index in [-0.39, 0.29) is 24.8 Å². The van der Waals surface area contributed by atoms with Crippen molar-refractivity contribution < 1.29 is 23.9 Å². The summed E-state index contributed by atoms with van der Waals surface area (Å²) in [6.07, 6.45) is 0.0310. The molecule has 1 fully saturated rings. The summed E-state index contributed by atoms with van der Waals surface area (Å²) < 4.78 is 4.96. The summed E-state index contributed by atoms with van der Waals surface area (Å²) in [5.41, 5.74) is 1.80. The number of ether oxygens (including phenoxy) is 1. The number of carbonyl (C=O) groups excluding carboxylic acids is 4. The SMILES string of the molecule is Cc1ccc(N2C[C@@H](C(=O)OCC(=O)NC(=O)NCC(C)C)CC2=O)cc1. The fraction of sp³-hybridized carbons (Fsp3) is 0.474. The number of urea groups is 1. The van der Waals surface area contributed by atoms with E-state index in [1.807, 2.05) is 45.0 Å². The standard InChI is InChI=1S/C19H25N3O5/c1-12(2)9-20-19(26)21-16(23)11-27-18(25)14-8-17(24)22(10-14)15-6-4-13(3)5-7-15/h4-7,12,14H,8-11H2,1-3H3,(H2,20,21,23,26)/t14-/m0/s1. The molecule has 1 aliphatic heterocycles. The van der Waals surface area contributed by atoms with Crippen molar-refractivity contribution in [1.82, 2.24) is 10.6 Å². The second kappa shape index (κ2) is 9.16. The molecule has 0 spiro atoms. The molecule has 146 valence electrons. The molecule has 1 heterocycles. The summed E-state index contributed by atoms with van der Waals surface area (Å²) in [6, 6.07) is 6.80. The molecule has 2 N–H and O–H groups in total. The molecule has 1 aliphatic rings. The number of aryl methyl sites for hydroxylation is 1. The topological polar surface area (TPSA) is 105 Å². The zero-order valence-electron chi connectivity index (χ0n) is 15.8. The van der Waals surface area contributed by atoms with Crippen LogP contribution in [0.1, 0.15) is 25.8 Å². The van der Waals surface area contributed by atoms with Crippen molar-refractivity contribution in [3.05, 3.63) is 29.8 Å². The van der Waals surface area contributed by atoms with Crippen LogP contribution in [0.15, 0.2) is 24.3 Å². The van der Waals surface area contributed by atoms with Gasteiger partial charge in [-0.25, -0.2) is 4.79 Å². The molecule has 1 atom stereocenters. The van der Waals surface area contributed by atoms with Crippen LogP contribution in [0.4, 0.5) is 10.5 Å². The molecule has 0 aliphatic carbocycles. The molecular weight excluding hydrogens is 350 g/mol. The lowest BCUT2D eigenvalue weighted by Gasteiger charge is -2.16. The number of hydrogen-bond donors (Lipinski definition) is 2. The van der Waals surface area contributed by atoms with E-state index < -0.39 is 30.4 Å². The molecule has 8 heteroatoms. The third-order valence-corrected chi connectivity index (χ3v) is 4.07. The normalized spacial score (nSPS) is 16.4. The Hall–Kier alpha value is -2.90. The van der Waals surface area contributed by atoms with E-state index in [9.17, 15) is 19.2 Å². The first-order valence-electron chi connectivity index (χ1n) is 8.87. The first kappa shape index (κ1) is 20.4. The monoisotopic (exact) mass is 375 g/mol. The molecule has 0 unspecified atom stereocenters. The number of nitrogens with zero attached hydrogens (tertiary/aromatic N) is 1. The van der Waals surface area contributed by atoms with E-state index >= 15 is 0 Å². The van der Waals surface area contributed by atoms with E-state index in [1.54, 1.807) is 0 Å². The number of nitrogens with one attached hydrogen (secondary N) is 2. The lowest BCUT2D eigenvalue weighted by Crippen LogP contribution is -2.42. The highest BCUT2D eigenvalue weighted by molar-refractivity contribution is 6.00. The number of imide groups is 1. The first-order chi connectivity index (χ1) is 12.8. The number of hydrogen-bond acceptors (Lipinski definition) is 5. The average molecular weight is 375 g/mol. The molecule has 27 heavy (non-hydrogen) atoms. The van der Waals surface area contributed by atoms with Crippen molar-refractivity contribution in [3.63, 3.8) is 0 Å². The Morgan fingerprint density at radius 1 is 1.22 bits per heavy atom. The van der Waals surface area contributed by atoms with Crippen LogP contribution in [0, 0.1) is 18.8 Å². The van der Waals surface area contributed by atoms with Gasteiger partial charge < -0.3 is 15.0 Å². The van der Waals surface area contributed by atoms with E-state index in [1.165, 1.54) is 4.90 Å². The van der Waals surface area contributed by atoms with E-state index in [0.29, 0.717) is 6.54 Å². The maximum Gasteiger partial charge on any atom is 0.321 e. The predicted octanol–water partition coefficient (Wildman–Crippen LogP) is 1.37. The van der Waals surface area contributed by atoms with Crippen molar-refractivity contribution in [1.29, 1.82) is 0 Å². The number of esters is 1. The Bertz CT molecular complexity index is 715. The molecule has 8 nitrogen and oxygen atoms in total. The molecule has 1 aromatic carbocycles. The van der Waals surface area contributed by atoms with Crippen LogP contribution in [-0.2, 0) is 19.1 Å². The van der Waals surface area contributed by atoms with Crippen LogP contribution >= 0.6 is 0 Å². The largest absolute Gasteiger partial charge is 0.455 e. The number of benzene rings is 1. The van der Waals surface area contributed by atoms with Gasteiger partial charge in [0, 0.05) is 25.2 Å². The lowest BCUT2D eigenvalue weighted by atomic mass is 10.1. The number of anilines is 1. The molecule has 0 radical (unpaired) electrons. The Balaban J connectivity index is 1.79. The van der Waals surface area contributed by atoms with E-state index in [4.69, 9.17) is 4.74 Å². The van der Waals surface area contributed by atoms with Crippen LogP contribution in [0.25, 0.3) is 0 Å². The van der Waals surface area contributed by atoms with Crippen molar-refractivity contribution in [2.24, 2.45) is 11.8 Å². The minimum absolute atomic E-state index is 0.0310. The molecule has 0 bridgehead atoms. The summed E-state index contributed by atoms with van der Waals surface area (Å²) in [6.45, 7) is 5.86. The number of amides is 4. The summed E-state index contributed by atoms with van der Waals surface area (Å²) in [7, 11) is 0. The van der Waals surface area contributed by atoms with Crippen LogP contribution < -0.4 is 15.5 Å². The Morgan fingerprint density at radius 2 is 1.89 bits per heavy atom. The van der Waals surface area contributed by atoms with E-state index in [2.05, 4.69) is 10.6 Å². The van der Waals surface area contributed by atoms with Gasteiger partial charge in [-0.15, -0.1) is 0 Å². The summed E-state index contributed by atoms with van der Waals surface area (Å²) in [5, 5.41) is 4.61. The zero-order chi connectivity index (χ0) is 20.0. The van der Waals surface area contributed by atoms with Crippen molar-refractivity contribution in [2.75, 3.05) is 24.6 Å². The van der Waals surface area contributed by atoms with Crippen LogP contribution in [0.5, 0.6) is 0 Å². The van der Waals surface area contributed by atoms with Crippen LogP contribution in [0.3, 0.4) is 0 Å². The average Bonchev–Trinajstić information content (AvgIpc) is 3.00. The molecule has 0 aromatic heterocycles. The summed E-state index contributed by atoms with van der Waals surface area (Å²) >= 11 is 0. The Morgan fingerprint density at radius 3 is 2.52 bits per heavy atom. The van der Waals surface area contributed by atoms with Crippen molar-refractivity contribution in [3.8, 4) is 0 Å². The smallest absolute Gasteiger partial charge is 0.321 e. The molecule has 1 saturated heterocycles. The number of carbonyl (C=O) groups is 4. The third-order valence-electron chi connectivity index (χ3n) is 4.07. The molecule has 1 aromatic rings. The second-order valence-corrected chi connectivity index (χ2v) is 7.00. The van der Waals surface area contributed by atoms with Gasteiger partial charge in [0.05, 0.1) is 5.92 Å². The fourth-order valence-electron chi connectivity index (χ4n) is 2.60. The molecule has 4 amide bonds. The molecule has 0 saturated carbocycles. The molecule has 2 rings (SSSR count). The summed E-state index contributed by atoms with van der Waals surface area (Å²) in [4.78, 5) is 49.0. The minimum atomic E-state index is -0.718. The van der Waals surface area contributed by atoms with Crippen molar-refractivity contribution >= 4 is 29.5 Å². The van der Waals surface area contributed by atoms with Gasteiger partial charge in [-0.3, -0.25) is 19.7 Å². The zero-order valence-corrected chi connectivity index (χ0v) is 15.8. The predicted molar refractivity (Wildman–Crippen MR) is 99.0 cm³/mol. The van der Waals surface area contributed by atoms with Gasteiger partial charge in [0.25, 0.3) is 5.91 Å². The summed E-state index contributed by atoms with van der Waals surface area (Å²) in [5.74, 6) is -1.90. The van der Waals surface area contributed by atoms with Gasteiger partial charge in [-0.05, 0) is 25.0 Å². The Kier molecular flexibility index (Phi) is 6.92. The third kappa shape index (κ3) is 6.09. The quantitative estimate of drug-likeness (QED) is 0.731. The Labute approximate surface area is 158 Å². The first-order valence-corrected chi connectivity index (χ1v) is 8.87. The van der Waals surface area contributed by atoms with Gasteiger partial charge in [0.2, 0.25) is 5.91 Å². The van der Waals surface area contributed by atoms with Crippen LogP contribution in [0.2, 0.25) is 0 Å². The van der Waals surface area contributed by atoms with Gasteiger partial charge in [0.15, 0.2) is 6.61 Å². The van der Waals surface area contributed by atoms with E-state index in [0.717, 1.165) is 11.3 Å². The van der Waals surface area contributed by atoms with Crippen molar-refractivity contribution in [2.45, 2.75) is 27.2 Å². The number of rotatable bonds is 6. The van der Waals surface area contributed by atoms with Gasteiger partial charge in [-0.2, -0.15) is 0 Å². The highest BCUT2D eigenvalue weighted by Crippen LogP contribution is 2.26. The van der Waals surface area contributed by atoms with Gasteiger partial charge in [0.1, 0.15) is 0 Å².